The van der Waals surface area contributed by atoms with Crippen molar-refractivity contribution in [2.75, 3.05) is 31.5 Å². The molecule has 130 valence electrons. The van der Waals surface area contributed by atoms with Gasteiger partial charge in [-0.25, -0.2) is 4.98 Å². The third-order valence-corrected chi connectivity index (χ3v) is 4.91. The van der Waals surface area contributed by atoms with Gasteiger partial charge in [0, 0.05) is 17.6 Å². The summed E-state index contributed by atoms with van der Waals surface area (Å²) >= 11 is 0. The van der Waals surface area contributed by atoms with Crippen molar-refractivity contribution in [2.24, 2.45) is 0 Å². The number of hydrogen-bond acceptors (Lipinski definition) is 4. The molecular formula is C21H25N3O. The van der Waals surface area contributed by atoms with Gasteiger partial charge in [0.05, 0.1) is 11.8 Å². The summed E-state index contributed by atoms with van der Waals surface area (Å²) in [5.74, 6) is 0.808. The van der Waals surface area contributed by atoms with E-state index in [0.717, 1.165) is 41.0 Å². The summed E-state index contributed by atoms with van der Waals surface area (Å²) in [5, 5.41) is 4.78. The lowest BCUT2D eigenvalue weighted by Gasteiger charge is -2.26. The third kappa shape index (κ3) is 3.85. The number of fused-ring (bicyclic) bond motifs is 1. The predicted molar refractivity (Wildman–Crippen MR) is 103 cm³/mol. The number of rotatable bonds is 6. The fraction of sp³-hybridized carbons (Fsp3) is 0.381. The van der Waals surface area contributed by atoms with Crippen LogP contribution in [0.1, 0.15) is 25.7 Å². The second-order valence-corrected chi connectivity index (χ2v) is 6.73. The van der Waals surface area contributed by atoms with Crippen LogP contribution in [0.2, 0.25) is 0 Å². The standard InChI is InChI=1S/C21H25N3O/c1-4-12-24(13-5-1)14-7-11-22-19-16-20(21-10-6-15-25-21)23-18-9-3-2-8-17(18)19/h2-3,6,8-10,15-16H,1,4-5,7,11-14H2,(H,22,23). The van der Waals surface area contributed by atoms with Crippen molar-refractivity contribution in [2.45, 2.75) is 25.7 Å². The molecule has 1 aliphatic rings. The smallest absolute Gasteiger partial charge is 0.152 e. The highest BCUT2D eigenvalue weighted by Gasteiger charge is 2.11. The number of nitrogens with zero attached hydrogens (tertiary/aromatic N) is 2. The lowest BCUT2D eigenvalue weighted by atomic mass is 10.1. The molecular weight excluding hydrogens is 310 g/mol. The van der Waals surface area contributed by atoms with E-state index in [1.165, 1.54) is 38.9 Å². The van der Waals surface area contributed by atoms with Gasteiger partial charge in [-0.3, -0.25) is 0 Å². The zero-order chi connectivity index (χ0) is 16.9. The summed E-state index contributed by atoms with van der Waals surface area (Å²) in [7, 11) is 0. The van der Waals surface area contributed by atoms with Crippen molar-refractivity contribution in [3.63, 3.8) is 0 Å². The molecule has 4 rings (SSSR count). The number of aromatic nitrogens is 1. The topological polar surface area (TPSA) is 41.3 Å². The van der Waals surface area contributed by atoms with Crippen LogP contribution in [0, 0.1) is 0 Å². The third-order valence-electron chi connectivity index (χ3n) is 4.91. The number of para-hydroxylation sites is 1. The molecule has 0 atom stereocenters. The molecule has 0 radical (unpaired) electrons. The maximum atomic E-state index is 5.53. The van der Waals surface area contributed by atoms with Crippen LogP contribution < -0.4 is 5.32 Å². The van der Waals surface area contributed by atoms with Crippen molar-refractivity contribution in [3.05, 3.63) is 48.7 Å². The summed E-state index contributed by atoms with van der Waals surface area (Å²) in [6.45, 7) is 4.69. The van der Waals surface area contributed by atoms with Crippen LogP contribution in [-0.2, 0) is 0 Å². The Morgan fingerprint density at radius 3 is 2.76 bits per heavy atom. The first-order valence-corrected chi connectivity index (χ1v) is 9.30. The van der Waals surface area contributed by atoms with Gasteiger partial charge in [-0.1, -0.05) is 24.6 Å². The van der Waals surface area contributed by atoms with Gasteiger partial charge in [-0.05, 0) is 63.2 Å². The number of nitrogens with one attached hydrogen (secondary N) is 1. The molecule has 0 amide bonds. The predicted octanol–water partition coefficient (Wildman–Crippen LogP) is 4.78. The number of benzene rings is 1. The van der Waals surface area contributed by atoms with Gasteiger partial charge in [-0.15, -0.1) is 0 Å². The molecule has 1 aliphatic heterocycles. The Kier molecular flexibility index (Phi) is 4.98. The van der Waals surface area contributed by atoms with Crippen LogP contribution in [0.3, 0.4) is 0 Å². The molecule has 1 saturated heterocycles. The van der Waals surface area contributed by atoms with Gasteiger partial charge >= 0.3 is 0 Å². The Bertz CT molecular complexity index is 807. The van der Waals surface area contributed by atoms with E-state index < -0.39 is 0 Å². The zero-order valence-electron chi connectivity index (χ0n) is 14.6. The Balaban J connectivity index is 1.47. The van der Waals surface area contributed by atoms with Crippen LogP contribution in [0.5, 0.6) is 0 Å². The van der Waals surface area contributed by atoms with Crippen molar-refractivity contribution >= 4 is 16.6 Å². The Morgan fingerprint density at radius 2 is 1.92 bits per heavy atom. The van der Waals surface area contributed by atoms with E-state index in [1.54, 1.807) is 6.26 Å². The van der Waals surface area contributed by atoms with Gasteiger partial charge in [0.25, 0.3) is 0 Å². The molecule has 0 spiro atoms. The number of furan rings is 1. The minimum absolute atomic E-state index is 0.808. The quantitative estimate of drug-likeness (QED) is 0.658. The molecule has 0 bridgehead atoms. The number of piperidine rings is 1. The Labute approximate surface area is 148 Å². The van der Waals surface area contributed by atoms with E-state index in [2.05, 4.69) is 34.5 Å². The molecule has 1 aromatic carbocycles. The average Bonchev–Trinajstić information content (AvgIpc) is 3.20. The number of likely N-dealkylation sites (tertiary alicyclic amines) is 1. The number of hydrogen-bond donors (Lipinski definition) is 1. The van der Waals surface area contributed by atoms with Gasteiger partial charge in [-0.2, -0.15) is 0 Å². The first kappa shape index (κ1) is 16.2. The molecule has 25 heavy (non-hydrogen) atoms. The first-order chi connectivity index (χ1) is 12.4. The fourth-order valence-corrected chi connectivity index (χ4v) is 3.58. The molecule has 0 unspecified atom stereocenters. The lowest BCUT2D eigenvalue weighted by molar-refractivity contribution is 0.228. The summed E-state index contributed by atoms with van der Waals surface area (Å²) < 4.78 is 5.53. The minimum Gasteiger partial charge on any atom is -0.463 e. The highest BCUT2D eigenvalue weighted by atomic mass is 16.3. The van der Waals surface area contributed by atoms with Gasteiger partial charge in [0.2, 0.25) is 0 Å². The molecule has 3 heterocycles. The van der Waals surface area contributed by atoms with Crippen LogP contribution >= 0.6 is 0 Å². The van der Waals surface area contributed by atoms with E-state index in [-0.39, 0.29) is 0 Å². The van der Waals surface area contributed by atoms with Crippen LogP contribution in [0.25, 0.3) is 22.4 Å². The Morgan fingerprint density at radius 1 is 1.04 bits per heavy atom. The fourth-order valence-electron chi connectivity index (χ4n) is 3.58. The van der Waals surface area contributed by atoms with E-state index in [1.807, 2.05) is 18.2 Å². The van der Waals surface area contributed by atoms with Crippen LogP contribution in [0.15, 0.2) is 53.1 Å². The molecule has 4 nitrogen and oxygen atoms in total. The molecule has 4 heteroatoms. The summed E-state index contributed by atoms with van der Waals surface area (Å²) in [6.07, 6.45) is 6.96. The second kappa shape index (κ2) is 7.70. The summed E-state index contributed by atoms with van der Waals surface area (Å²) in [6, 6.07) is 14.2. The molecule has 1 fully saturated rings. The van der Waals surface area contributed by atoms with E-state index >= 15 is 0 Å². The lowest BCUT2D eigenvalue weighted by Crippen LogP contribution is -2.31. The summed E-state index contributed by atoms with van der Waals surface area (Å²) in [4.78, 5) is 7.33. The summed E-state index contributed by atoms with van der Waals surface area (Å²) in [5.41, 5.74) is 3.01. The monoisotopic (exact) mass is 335 g/mol. The molecule has 2 aromatic heterocycles. The van der Waals surface area contributed by atoms with Gasteiger partial charge < -0.3 is 14.6 Å². The molecule has 3 aromatic rings. The van der Waals surface area contributed by atoms with Crippen molar-refractivity contribution in [1.82, 2.24) is 9.88 Å². The zero-order valence-corrected chi connectivity index (χ0v) is 14.6. The minimum atomic E-state index is 0.808. The van der Waals surface area contributed by atoms with Crippen LogP contribution in [-0.4, -0.2) is 36.1 Å². The van der Waals surface area contributed by atoms with Crippen molar-refractivity contribution < 1.29 is 4.42 Å². The maximum Gasteiger partial charge on any atom is 0.152 e. The number of anilines is 1. The van der Waals surface area contributed by atoms with E-state index in [9.17, 15) is 0 Å². The average molecular weight is 335 g/mol. The highest BCUT2D eigenvalue weighted by Crippen LogP contribution is 2.28. The Hall–Kier alpha value is -2.33. The number of pyridine rings is 1. The normalized spacial score (nSPS) is 15.5. The molecule has 1 N–H and O–H groups in total. The van der Waals surface area contributed by atoms with E-state index in [4.69, 9.17) is 9.40 Å². The van der Waals surface area contributed by atoms with Crippen molar-refractivity contribution in [1.29, 1.82) is 0 Å². The van der Waals surface area contributed by atoms with Crippen molar-refractivity contribution in [3.8, 4) is 11.5 Å². The van der Waals surface area contributed by atoms with E-state index in [0.29, 0.717) is 0 Å². The SMILES string of the molecule is c1coc(-c2cc(NCCCN3CCCCC3)c3ccccc3n2)c1. The highest BCUT2D eigenvalue weighted by molar-refractivity contribution is 5.93. The van der Waals surface area contributed by atoms with Gasteiger partial charge in [0.15, 0.2) is 5.76 Å². The molecule has 0 saturated carbocycles. The largest absolute Gasteiger partial charge is 0.463 e. The molecule has 0 aliphatic carbocycles. The van der Waals surface area contributed by atoms with Gasteiger partial charge in [0.1, 0.15) is 5.69 Å². The first-order valence-electron chi connectivity index (χ1n) is 9.30. The second-order valence-electron chi connectivity index (χ2n) is 6.73. The maximum absolute atomic E-state index is 5.53. The van der Waals surface area contributed by atoms with Crippen LogP contribution in [0.4, 0.5) is 5.69 Å².